The molecular weight excluding hydrogens is 314 g/mol. The molecule has 0 saturated carbocycles. The molecule has 2 aromatic rings. The second-order valence-corrected chi connectivity index (χ2v) is 5.13. The van der Waals surface area contributed by atoms with Crippen LogP contribution >= 0.6 is 0 Å². The maximum Gasteiger partial charge on any atom is 0.433 e. The minimum absolute atomic E-state index is 0.151. The molecule has 3 rings (SSSR count). The van der Waals surface area contributed by atoms with Gasteiger partial charge in [0.25, 0.3) is 0 Å². The minimum atomic E-state index is -4.55. The van der Waals surface area contributed by atoms with Gasteiger partial charge in [-0.05, 0) is 37.1 Å². The molecule has 1 aliphatic rings. The standard InChI is InChI=1S/C15H13F4N3O/c16-9-3-4-12-10(8-9)11(2-1-7-23-12)21-14-20-6-5-13(22-14)15(17,18)19/h3-6,8,11H,1-2,7H2,(H,20,21,22). The van der Waals surface area contributed by atoms with Crippen molar-refractivity contribution in [3.63, 3.8) is 0 Å². The Bertz CT molecular complexity index is 705. The highest BCUT2D eigenvalue weighted by atomic mass is 19.4. The number of hydrogen-bond acceptors (Lipinski definition) is 4. The van der Waals surface area contributed by atoms with Gasteiger partial charge in [0.1, 0.15) is 17.3 Å². The lowest BCUT2D eigenvalue weighted by molar-refractivity contribution is -0.141. The van der Waals surface area contributed by atoms with E-state index in [1.807, 2.05) is 0 Å². The van der Waals surface area contributed by atoms with Crippen molar-refractivity contribution in [3.8, 4) is 5.75 Å². The van der Waals surface area contributed by atoms with Crippen LogP contribution in [0.3, 0.4) is 0 Å². The Balaban J connectivity index is 1.90. The first-order chi connectivity index (χ1) is 10.9. The normalized spacial score (nSPS) is 17.8. The average Bonchev–Trinajstić information content (AvgIpc) is 2.69. The second kappa shape index (κ2) is 6.02. The SMILES string of the molecule is Fc1ccc2c(c1)C(Nc1nccc(C(F)(F)F)n1)CCCO2. The zero-order chi connectivity index (χ0) is 16.4. The molecule has 0 fully saturated rings. The summed E-state index contributed by atoms with van der Waals surface area (Å²) in [5.74, 6) is -0.0821. The van der Waals surface area contributed by atoms with E-state index >= 15 is 0 Å². The van der Waals surface area contributed by atoms with Crippen LogP contribution in [0.4, 0.5) is 23.5 Å². The van der Waals surface area contributed by atoms with Gasteiger partial charge in [0.2, 0.25) is 5.95 Å². The number of nitrogens with zero attached hydrogens (tertiary/aromatic N) is 2. The van der Waals surface area contributed by atoms with Crippen molar-refractivity contribution < 1.29 is 22.3 Å². The summed E-state index contributed by atoms with van der Waals surface area (Å²) in [5, 5.41) is 2.85. The topological polar surface area (TPSA) is 47.0 Å². The van der Waals surface area contributed by atoms with Gasteiger partial charge in [0.05, 0.1) is 12.6 Å². The smallest absolute Gasteiger partial charge is 0.433 e. The van der Waals surface area contributed by atoms with Gasteiger partial charge in [0, 0.05) is 11.8 Å². The second-order valence-electron chi connectivity index (χ2n) is 5.13. The number of anilines is 1. The van der Waals surface area contributed by atoms with E-state index in [0.717, 1.165) is 12.3 Å². The van der Waals surface area contributed by atoms with Gasteiger partial charge < -0.3 is 10.1 Å². The minimum Gasteiger partial charge on any atom is -0.493 e. The van der Waals surface area contributed by atoms with E-state index in [-0.39, 0.29) is 5.95 Å². The van der Waals surface area contributed by atoms with Gasteiger partial charge in [-0.15, -0.1) is 0 Å². The first-order valence-corrected chi connectivity index (χ1v) is 7.02. The Morgan fingerprint density at radius 3 is 2.83 bits per heavy atom. The third kappa shape index (κ3) is 3.52. The fraction of sp³-hybridized carbons (Fsp3) is 0.333. The van der Waals surface area contributed by atoms with Crippen LogP contribution in [0.5, 0.6) is 5.75 Å². The molecule has 122 valence electrons. The summed E-state index contributed by atoms with van der Waals surface area (Å²) in [5.41, 5.74) is -0.483. The highest BCUT2D eigenvalue weighted by molar-refractivity contribution is 5.42. The van der Waals surface area contributed by atoms with Gasteiger partial charge in [-0.25, -0.2) is 14.4 Å². The zero-order valence-electron chi connectivity index (χ0n) is 11.9. The van der Waals surface area contributed by atoms with E-state index in [1.165, 1.54) is 18.2 Å². The van der Waals surface area contributed by atoms with Gasteiger partial charge in [-0.2, -0.15) is 13.2 Å². The fourth-order valence-electron chi connectivity index (χ4n) is 2.44. The summed E-state index contributed by atoms with van der Waals surface area (Å²) in [4.78, 5) is 7.30. The molecule has 1 unspecified atom stereocenters. The molecule has 0 amide bonds. The lowest BCUT2D eigenvalue weighted by Crippen LogP contribution is -2.15. The van der Waals surface area contributed by atoms with E-state index in [1.54, 1.807) is 0 Å². The lowest BCUT2D eigenvalue weighted by atomic mass is 10.0. The van der Waals surface area contributed by atoms with Crippen molar-refractivity contribution in [1.82, 2.24) is 9.97 Å². The number of benzene rings is 1. The van der Waals surface area contributed by atoms with Crippen molar-refractivity contribution in [2.75, 3.05) is 11.9 Å². The molecule has 1 atom stereocenters. The van der Waals surface area contributed by atoms with Crippen LogP contribution in [-0.4, -0.2) is 16.6 Å². The predicted molar refractivity (Wildman–Crippen MR) is 74.5 cm³/mol. The summed E-state index contributed by atoms with van der Waals surface area (Å²) in [7, 11) is 0. The van der Waals surface area contributed by atoms with Crippen LogP contribution < -0.4 is 10.1 Å². The first-order valence-electron chi connectivity index (χ1n) is 7.02. The quantitative estimate of drug-likeness (QED) is 0.848. The van der Waals surface area contributed by atoms with Crippen molar-refractivity contribution in [2.24, 2.45) is 0 Å². The molecule has 8 heteroatoms. The van der Waals surface area contributed by atoms with Crippen LogP contribution in [-0.2, 0) is 6.18 Å². The number of rotatable bonds is 2. The summed E-state index contributed by atoms with van der Waals surface area (Å²) in [6, 6.07) is 4.48. The van der Waals surface area contributed by atoms with Gasteiger partial charge in [-0.1, -0.05) is 0 Å². The number of nitrogens with one attached hydrogen (secondary N) is 1. The highest BCUT2D eigenvalue weighted by Crippen LogP contribution is 2.34. The third-order valence-electron chi connectivity index (χ3n) is 3.49. The van der Waals surface area contributed by atoms with Gasteiger partial charge in [-0.3, -0.25) is 0 Å². The van der Waals surface area contributed by atoms with Crippen LogP contribution in [0.15, 0.2) is 30.5 Å². The number of halogens is 4. The maximum absolute atomic E-state index is 13.5. The molecule has 0 aliphatic carbocycles. The average molecular weight is 327 g/mol. The summed E-state index contributed by atoms with van der Waals surface area (Å²) < 4.78 is 57.2. The summed E-state index contributed by atoms with van der Waals surface area (Å²) in [6.07, 6.45) is -2.27. The molecule has 0 saturated heterocycles. The lowest BCUT2D eigenvalue weighted by Gasteiger charge is -2.19. The van der Waals surface area contributed by atoms with Crippen LogP contribution in [0.25, 0.3) is 0 Å². The van der Waals surface area contributed by atoms with E-state index in [4.69, 9.17) is 4.74 Å². The van der Waals surface area contributed by atoms with E-state index in [0.29, 0.717) is 30.8 Å². The monoisotopic (exact) mass is 327 g/mol. The molecule has 23 heavy (non-hydrogen) atoms. The molecule has 1 aliphatic heterocycles. The fourth-order valence-corrected chi connectivity index (χ4v) is 2.44. The van der Waals surface area contributed by atoms with Crippen molar-refractivity contribution >= 4 is 5.95 Å². The molecule has 1 aromatic heterocycles. The number of alkyl halides is 3. The number of fused-ring (bicyclic) bond motifs is 1. The number of aromatic nitrogens is 2. The third-order valence-corrected chi connectivity index (χ3v) is 3.49. The van der Waals surface area contributed by atoms with E-state index < -0.39 is 23.7 Å². The highest BCUT2D eigenvalue weighted by Gasteiger charge is 2.33. The van der Waals surface area contributed by atoms with Crippen LogP contribution in [0.2, 0.25) is 0 Å². The molecule has 1 N–H and O–H groups in total. The Morgan fingerprint density at radius 1 is 1.22 bits per heavy atom. The predicted octanol–water partition coefficient (Wildman–Crippen LogP) is 3.96. The van der Waals surface area contributed by atoms with Crippen molar-refractivity contribution in [1.29, 1.82) is 0 Å². The summed E-state index contributed by atoms with van der Waals surface area (Å²) in [6.45, 7) is 0.459. The van der Waals surface area contributed by atoms with E-state index in [2.05, 4.69) is 15.3 Å². The van der Waals surface area contributed by atoms with E-state index in [9.17, 15) is 17.6 Å². The van der Waals surface area contributed by atoms with Crippen molar-refractivity contribution in [2.45, 2.75) is 25.1 Å². The van der Waals surface area contributed by atoms with Gasteiger partial charge >= 0.3 is 6.18 Å². The Kier molecular flexibility index (Phi) is 4.06. The maximum atomic E-state index is 13.5. The van der Waals surface area contributed by atoms with Crippen molar-refractivity contribution in [3.05, 3.63) is 47.5 Å². The number of ether oxygens (including phenoxy) is 1. The zero-order valence-corrected chi connectivity index (χ0v) is 11.9. The molecule has 2 heterocycles. The molecule has 0 bridgehead atoms. The molecule has 4 nitrogen and oxygen atoms in total. The van der Waals surface area contributed by atoms with Crippen LogP contribution in [0, 0.1) is 5.82 Å². The molecular formula is C15H13F4N3O. The van der Waals surface area contributed by atoms with Crippen LogP contribution in [0.1, 0.15) is 30.1 Å². The Labute approximate surface area is 129 Å². The first kappa shape index (κ1) is 15.5. The largest absolute Gasteiger partial charge is 0.493 e. The number of hydrogen-bond donors (Lipinski definition) is 1. The molecule has 0 radical (unpaired) electrons. The molecule has 1 aromatic carbocycles. The van der Waals surface area contributed by atoms with Gasteiger partial charge in [0.15, 0.2) is 0 Å². The Hall–Kier alpha value is -2.38. The summed E-state index contributed by atoms with van der Waals surface area (Å²) >= 11 is 0. The Morgan fingerprint density at radius 2 is 2.04 bits per heavy atom. The molecule has 0 spiro atoms.